The van der Waals surface area contributed by atoms with E-state index in [9.17, 15) is 4.79 Å². The van der Waals surface area contributed by atoms with Gasteiger partial charge < -0.3 is 9.67 Å². The molecule has 4 heteroatoms. The molecule has 0 aliphatic heterocycles. The first-order valence-electron chi connectivity index (χ1n) is 6.86. The second kappa shape index (κ2) is 4.68. The van der Waals surface area contributed by atoms with Gasteiger partial charge in [0.2, 0.25) is 0 Å². The van der Waals surface area contributed by atoms with Crippen molar-refractivity contribution in [3.63, 3.8) is 0 Å². The lowest BCUT2D eigenvalue weighted by molar-refractivity contribution is 0.0697. The van der Waals surface area contributed by atoms with Crippen LogP contribution in [0.3, 0.4) is 0 Å². The van der Waals surface area contributed by atoms with E-state index in [-0.39, 0.29) is 0 Å². The van der Waals surface area contributed by atoms with Gasteiger partial charge in [0.05, 0.1) is 22.9 Å². The maximum absolute atomic E-state index is 11.0. The Labute approximate surface area is 112 Å². The SMILES string of the molecule is C[C@@H]1CCCC[C@@H]1n1cnc2cc(C(=O)O)ccc21. The topological polar surface area (TPSA) is 55.1 Å². The molecule has 1 saturated carbocycles. The molecule has 1 heterocycles. The lowest BCUT2D eigenvalue weighted by Gasteiger charge is -2.30. The number of benzene rings is 1. The molecule has 1 aliphatic rings. The molecule has 1 fully saturated rings. The third-order valence-electron chi connectivity index (χ3n) is 4.25. The van der Waals surface area contributed by atoms with E-state index in [2.05, 4.69) is 16.5 Å². The highest BCUT2D eigenvalue weighted by Gasteiger charge is 2.24. The maximum Gasteiger partial charge on any atom is 0.335 e. The van der Waals surface area contributed by atoms with Gasteiger partial charge in [-0.2, -0.15) is 0 Å². The smallest absolute Gasteiger partial charge is 0.335 e. The van der Waals surface area contributed by atoms with Crippen LogP contribution >= 0.6 is 0 Å². The van der Waals surface area contributed by atoms with E-state index < -0.39 is 5.97 Å². The Hall–Kier alpha value is -1.84. The Morgan fingerprint density at radius 1 is 1.37 bits per heavy atom. The molecular formula is C15H18N2O2. The van der Waals surface area contributed by atoms with Crippen molar-refractivity contribution < 1.29 is 9.90 Å². The molecular weight excluding hydrogens is 240 g/mol. The average Bonchev–Trinajstić information content (AvgIpc) is 2.82. The Balaban J connectivity index is 2.03. The Kier molecular flexibility index (Phi) is 3.01. The lowest BCUT2D eigenvalue weighted by Crippen LogP contribution is -2.20. The van der Waals surface area contributed by atoms with Gasteiger partial charge in [0.15, 0.2) is 0 Å². The van der Waals surface area contributed by atoms with E-state index in [0.717, 1.165) is 11.0 Å². The molecule has 1 aromatic heterocycles. The number of hydrogen-bond acceptors (Lipinski definition) is 2. The average molecular weight is 258 g/mol. The molecule has 100 valence electrons. The van der Waals surface area contributed by atoms with E-state index in [0.29, 0.717) is 17.5 Å². The fourth-order valence-corrected chi connectivity index (χ4v) is 3.14. The number of rotatable bonds is 2. The maximum atomic E-state index is 11.0. The van der Waals surface area contributed by atoms with E-state index in [1.165, 1.54) is 25.7 Å². The molecule has 19 heavy (non-hydrogen) atoms. The summed E-state index contributed by atoms with van der Waals surface area (Å²) < 4.78 is 2.23. The number of aromatic carboxylic acids is 1. The van der Waals surface area contributed by atoms with E-state index in [1.807, 2.05) is 12.4 Å². The third kappa shape index (κ3) is 2.11. The third-order valence-corrected chi connectivity index (χ3v) is 4.25. The highest BCUT2D eigenvalue weighted by atomic mass is 16.4. The molecule has 4 nitrogen and oxygen atoms in total. The quantitative estimate of drug-likeness (QED) is 0.897. The predicted molar refractivity (Wildman–Crippen MR) is 73.4 cm³/mol. The van der Waals surface area contributed by atoms with Crippen LogP contribution in [0.4, 0.5) is 0 Å². The molecule has 0 unspecified atom stereocenters. The summed E-state index contributed by atoms with van der Waals surface area (Å²) in [4.78, 5) is 15.3. The van der Waals surface area contributed by atoms with Crippen molar-refractivity contribution >= 4 is 17.0 Å². The summed E-state index contributed by atoms with van der Waals surface area (Å²) in [5.74, 6) is -0.243. The number of nitrogens with zero attached hydrogens (tertiary/aromatic N) is 2. The molecule has 1 aromatic carbocycles. The Morgan fingerprint density at radius 2 is 2.16 bits per heavy atom. The number of carboxylic acid groups (broad SMARTS) is 1. The first kappa shape index (κ1) is 12.2. The molecule has 3 rings (SSSR count). The minimum atomic E-state index is -0.900. The van der Waals surface area contributed by atoms with Crippen LogP contribution in [0, 0.1) is 5.92 Å². The summed E-state index contributed by atoms with van der Waals surface area (Å²) in [5, 5.41) is 9.01. The van der Waals surface area contributed by atoms with Gasteiger partial charge in [0.1, 0.15) is 0 Å². The molecule has 1 N–H and O–H groups in total. The lowest BCUT2D eigenvalue weighted by atomic mass is 9.85. The van der Waals surface area contributed by atoms with Crippen LogP contribution in [0.15, 0.2) is 24.5 Å². The summed E-state index contributed by atoms with van der Waals surface area (Å²) in [6.07, 6.45) is 6.89. The highest BCUT2D eigenvalue weighted by Crippen LogP contribution is 2.35. The van der Waals surface area contributed by atoms with Gasteiger partial charge in [-0.05, 0) is 37.0 Å². The monoisotopic (exact) mass is 258 g/mol. The Bertz CT molecular complexity index is 618. The van der Waals surface area contributed by atoms with E-state index in [1.54, 1.807) is 12.1 Å². The number of carboxylic acids is 1. The van der Waals surface area contributed by atoms with Crippen molar-refractivity contribution in [3.8, 4) is 0 Å². The molecule has 2 atom stereocenters. The van der Waals surface area contributed by atoms with Crippen molar-refractivity contribution in [1.29, 1.82) is 0 Å². The number of fused-ring (bicyclic) bond motifs is 1. The van der Waals surface area contributed by atoms with Gasteiger partial charge in [-0.3, -0.25) is 0 Å². The van der Waals surface area contributed by atoms with Crippen molar-refractivity contribution in [2.75, 3.05) is 0 Å². The van der Waals surface area contributed by atoms with Crippen molar-refractivity contribution in [1.82, 2.24) is 9.55 Å². The molecule has 0 bridgehead atoms. The van der Waals surface area contributed by atoms with Crippen molar-refractivity contribution in [2.45, 2.75) is 38.6 Å². The summed E-state index contributed by atoms with van der Waals surface area (Å²) in [6, 6.07) is 5.69. The minimum Gasteiger partial charge on any atom is -0.478 e. The molecule has 0 saturated heterocycles. The molecule has 0 spiro atoms. The normalized spacial score (nSPS) is 23.6. The second-order valence-corrected chi connectivity index (χ2v) is 5.49. The second-order valence-electron chi connectivity index (χ2n) is 5.49. The van der Waals surface area contributed by atoms with E-state index in [4.69, 9.17) is 5.11 Å². The number of aromatic nitrogens is 2. The van der Waals surface area contributed by atoms with Gasteiger partial charge in [-0.25, -0.2) is 9.78 Å². The Morgan fingerprint density at radius 3 is 2.89 bits per heavy atom. The summed E-state index contributed by atoms with van der Waals surface area (Å²) in [5.41, 5.74) is 2.12. The van der Waals surface area contributed by atoms with Crippen LogP contribution in [0.25, 0.3) is 11.0 Å². The first-order chi connectivity index (χ1) is 9.16. The number of imidazole rings is 1. The van der Waals surface area contributed by atoms with Crippen LogP contribution < -0.4 is 0 Å². The van der Waals surface area contributed by atoms with Crippen molar-refractivity contribution in [2.24, 2.45) is 5.92 Å². The minimum absolute atomic E-state index is 0.300. The van der Waals surface area contributed by atoms with Crippen LogP contribution in [-0.2, 0) is 0 Å². The zero-order valence-corrected chi connectivity index (χ0v) is 11.0. The molecule has 1 aliphatic carbocycles. The van der Waals surface area contributed by atoms with Gasteiger partial charge in [-0.15, -0.1) is 0 Å². The summed E-state index contributed by atoms with van der Waals surface area (Å²) >= 11 is 0. The molecule has 0 amide bonds. The predicted octanol–water partition coefficient (Wildman–Crippen LogP) is 3.49. The van der Waals surface area contributed by atoms with Crippen molar-refractivity contribution in [3.05, 3.63) is 30.1 Å². The standard InChI is InChI=1S/C15H18N2O2/c1-10-4-2-3-5-13(10)17-9-16-12-8-11(15(18)19)6-7-14(12)17/h6-10,13H,2-5H2,1H3,(H,18,19)/t10-,13+/m1/s1. The first-order valence-corrected chi connectivity index (χ1v) is 6.86. The van der Waals surface area contributed by atoms with Crippen LogP contribution in [-0.4, -0.2) is 20.6 Å². The van der Waals surface area contributed by atoms with Crippen LogP contribution in [0.5, 0.6) is 0 Å². The van der Waals surface area contributed by atoms with Crippen LogP contribution in [0.2, 0.25) is 0 Å². The van der Waals surface area contributed by atoms with Gasteiger partial charge in [-0.1, -0.05) is 19.8 Å². The zero-order valence-electron chi connectivity index (χ0n) is 11.0. The highest BCUT2D eigenvalue weighted by molar-refractivity contribution is 5.92. The molecule has 0 radical (unpaired) electrons. The zero-order chi connectivity index (χ0) is 13.4. The number of hydrogen-bond donors (Lipinski definition) is 1. The largest absolute Gasteiger partial charge is 0.478 e. The van der Waals surface area contributed by atoms with Crippen LogP contribution in [0.1, 0.15) is 49.0 Å². The van der Waals surface area contributed by atoms with Gasteiger partial charge >= 0.3 is 5.97 Å². The van der Waals surface area contributed by atoms with Gasteiger partial charge in [0, 0.05) is 6.04 Å². The summed E-state index contributed by atoms with van der Waals surface area (Å²) in [6.45, 7) is 2.29. The molecule has 2 aromatic rings. The number of carbonyl (C=O) groups is 1. The summed E-state index contributed by atoms with van der Waals surface area (Å²) in [7, 11) is 0. The fraction of sp³-hybridized carbons (Fsp3) is 0.467. The van der Waals surface area contributed by atoms with E-state index >= 15 is 0 Å². The van der Waals surface area contributed by atoms with Gasteiger partial charge in [0.25, 0.3) is 0 Å². The fourth-order valence-electron chi connectivity index (χ4n) is 3.14.